The second-order valence-corrected chi connectivity index (χ2v) is 8.64. The van der Waals surface area contributed by atoms with E-state index in [9.17, 15) is 4.79 Å². The molecule has 0 spiro atoms. The van der Waals surface area contributed by atoms with Crippen molar-refractivity contribution in [2.24, 2.45) is 5.10 Å². The van der Waals surface area contributed by atoms with Crippen molar-refractivity contribution < 1.29 is 14.3 Å². The SMILES string of the molecule is CCCOc1c(Br)cc(/C=N/NC(=O)c2ccc(Cn3nnc(-c4ccccc4)n3)cc2)cc1OC. The quantitative estimate of drug-likeness (QED) is 0.227. The zero-order chi connectivity index (χ0) is 25.3. The fourth-order valence-corrected chi connectivity index (χ4v) is 3.90. The molecule has 1 N–H and O–H groups in total. The van der Waals surface area contributed by atoms with Crippen LogP contribution < -0.4 is 14.9 Å². The third-order valence-corrected chi connectivity index (χ3v) is 5.70. The van der Waals surface area contributed by atoms with Crippen LogP contribution in [0.4, 0.5) is 0 Å². The first-order valence-electron chi connectivity index (χ1n) is 11.3. The summed E-state index contributed by atoms with van der Waals surface area (Å²) in [4.78, 5) is 14.0. The first kappa shape index (κ1) is 25.1. The molecule has 10 heteroatoms. The third-order valence-electron chi connectivity index (χ3n) is 5.11. The predicted molar refractivity (Wildman–Crippen MR) is 140 cm³/mol. The molecule has 0 saturated heterocycles. The number of nitrogens with zero attached hydrogens (tertiary/aromatic N) is 5. The van der Waals surface area contributed by atoms with Gasteiger partial charge < -0.3 is 9.47 Å². The number of methoxy groups -OCH3 is 1. The number of benzene rings is 3. The van der Waals surface area contributed by atoms with Gasteiger partial charge in [0.15, 0.2) is 11.5 Å². The average molecular weight is 549 g/mol. The highest BCUT2D eigenvalue weighted by Crippen LogP contribution is 2.36. The summed E-state index contributed by atoms with van der Waals surface area (Å²) < 4.78 is 11.9. The van der Waals surface area contributed by atoms with Gasteiger partial charge in [-0.15, -0.1) is 10.2 Å². The molecule has 0 radical (unpaired) electrons. The van der Waals surface area contributed by atoms with Crippen LogP contribution >= 0.6 is 15.9 Å². The van der Waals surface area contributed by atoms with Crippen LogP contribution in [0.1, 0.15) is 34.8 Å². The predicted octanol–water partition coefficient (Wildman–Crippen LogP) is 4.71. The van der Waals surface area contributed by atoms with Gasteiger partial charge in [-0.25, -0.2) is 5.43 Å². The van der Waals surface area contributed by atoms with Crippen LogP contribution in [0.5, 0.6) is 11.5 Å². The van der Waals surface area contributed by atoms with Crippen molar-refractivity contribution in [1.29, 1.82) is 0 Å². The Morgan fingerprint density at radius 2 is 1.92 bits per heavy atom. The van der Waals surface area contributed by atoms with E-state index in [4.69, 9.17) is 9.47 Å². The van der Waals surface area contributed by atoms with E-state index in [1.54, 1.807) is 31.5 Å². The van der Waals surface area contributed by atoms with Gasteiger partial charge >= 0.3 is 0 Å². The van der Waals surface area contributed by atoms with Gasteiger partial charge in [0.1, 0.15) is 0 Å². The molecule has 36 heavy (non-hydrogen) atoms. The van der Waals surface area contributed by atoms with E-state index in [0.717, 1.165) is 27.6 Å². The monoisotopic (exact) mass is 548 g/mol. The normalized spacial score (nSPS) is 11.0. The minimum Gasteiger partial charge on any atom is -0.493 e. The van der Waals surface area contributed by atoms with E-state index in [0.29, 0.717) is 36.0 Å². The van der Waals surface area contributed by atoms with Crippen LogP contribution in [-0.2, 0) is 6.54 Å². The van der Waals surface area contributed by atoms with Crippen molar-refractivity contribution in [3.05, 3.63) is 87.9 Å². The van der Waals surface area contributed by atoms with Gasteiger partial charge in [0.05, 0.1) is 30.9 Å². The second-order valence-electron chi connectivity index (χ2n) is 7.79. The molecule has 0 aliphatic rings. The summed E-state index contributed by atoms with van der Waals surface area (Å²) in [6.45, 7) is 3.06. The summed E-state index contributed by atoms with van der Waals surface area (Å²) in [5.41, 5.74) is 5.62. The fraction of sp³-hybridized carbons (Fsp3) is 0.192. The Kier molecular flexibility index (Phi) is 8.40. The van der Waals surface area contributed by atoms with Crippen LogP contribution in [0, 0.1) is 0 Å². The number of amides is 1. The van der Waals surface area contributed by atoms with Gasteiger partial charge in [-0.3, -0.25) is 4.79 Å². The summed E-state index contributed by atoms with van der Waals surface area (Å²) in [5, 5.41) is 16.7. The molecule has 1 heterocycles. The maximum atomic E-state index is 12.5. The van der Waals surface area contributed by atoms with E-state index in [2.05, 4.69) is 41.9 Å². The van der Waals surface area contributed by atoms with E-state index in [-0.39, 0.29) is 5.91 Å². The first-order chi connectivity index (χ1) is 17.6. The lowest BCUT2D eigenvalue weighted by Crippen LogP contribution is -2.17. The largest absolute Gasteiger partial charge is 0.493 e. The summed E-state index contributed by atoms with van der Waals surface area (Å²) in [6, 6.07) is 20.5. The Morgan fingerprint density at radius 1 is 1.14 bits per heavy atom. The van der Waals surface area contributed by atoms with Gasteiger partial charge in [0.25, 0.3) is 5.91 Å². The number of aromatic nitrogens is 4. The Morgan fingerprint density at radius 3 is 2.64 bits per heavy atom. The lowest BCUT2D eigenvalue weighted by molar-refractivity contribution is 0.0955. The van der Waals surface area contributed by atoms with Gasteiger partial charge in [-0.2, -0.15) is 9.90 Å². The average Bonchev–Trinajstić information content (AvgIpc) is 3.37. The highest BCUT2D eigenvalue weighted by molar-refractivity contribution is 9.10. The third kappa shape index (κ3) is 6.33. The number of hydrogen-bond donors (Lipinski definition) is 1. The van der Waals surface area contributed by atoms with Gasteiger partial charge in [0.2, 0.25) is 5.82 Å². The molecule has 0 aliphatic carbocycles. The molecule has 1 amide bonds. The maximum Gasteiger partial charge on any atom is 0.271 e. The van der Waals surface area contributed by atoms with Crippen molar-refractivity contribution >= 4 is 28.1 Å². The van der Waals surface area contributed by atoms with E-state index in [1.807, 2.05) is 55.5 Å². The minimum absolute atomic E-state index is 0.322. The molecule has 4 rings (SSSR count). The first-order valence-corrected chi connectivity index (χ1v) is 12.1. The zero-order valence-corrected chi connectivity index (χ0v) is 21.5. The number of halogens is 1. The topological polar surface area (TPSA) is 104 Å². The van der Waals surface area contributed by atoms with Crippen molar-refractivity contribution in [3.8, 4) is 22.9 Å². The van der Waals surface area contributed by atoms with Crippen LogP contribution in [0.3, 0.4) is 0 Å². The van der Waals surface area contributed by atoms with E-state index in [1.165, 1.54) is 4.80 Å². The van der Waals surface area contributed by atoms with Crippen molar-refractivity contribution in [1.82, 2.24) is 25.6 Å². The molecule has 0 saturated carbocycles. The Hall–Kier alpha value is -4.05. The second kappa shape index (κ2) is 12.1. The summed E-state index contributed by atoms with van der Waals surface area (Å²) >= 11 is 3.50. The Balaban J connectivity index is 1.35. The summed E-state index contributed by atoms with van der Waals surface area (Å²) in [5.74, 6) is 1.46. The van der Waals surface area contributed by atoms with Crippen molar-refractivity contribution in [2.45, 2.75) is 19.9 Å². The molecule has 1 aromatic heterocycles. The van der Waals surface area contributed by atoms with Gasteiger partial charge in [0, 0.05) is 11.1 Å². The summed E-state index contributed by atoms with van der Waals surface area (Å²) in [6.07, 6.45) is 2.43. The standard InChI is InChI=1S/C26H25BrN6O3/c1-3-13-36-24-22(27)14-19(15-23(24)35-2)16-28-30-26(34)21-11-9-18(10-12-21)17-33-31-25(29-32-33)20-7-5-4-6-8-20/h4-12,14-16H,3,13,17H2,1-2H3,(H,30,34)/b28-16+. The smallest absolute Gasteiger partial charge is 0.271 e. The molecule has 9 nitrogen and oxygen atoms in total. The molecular weight excluding hydrogens is 524 g/mol. The Bertz CT molecular complexity index is 1340. The van der Waals surface area contributed by atoms with Crippen molar-refractivity contribution in [3.63, 3.8) is 0 Å². The van der Waals surface area contributed by atoms with Crippen LogP contribution in [-0.4, -0.2) is 46.0 Å². The van der Waals surface area contributed by atoms with Crippen LogP contribution in [0.15, 0.2) is 76.3 Å². The number of rotatable bonds is 10. The van der Waals surface area contributed by atoms with E-state index < -0.39 is 0 Å². The molecule has 4 aromatic rings. The molecule has 0 aliphatic heterocycles. The number of carbonyl (C=O) groups excluding carboxylic acids is 1. The minimum atomic E-state index is -0.322. The highest BCUT2D eigenvalue weighted by Gasteiger charge is 2.11. The number of hydrogen-bond acceptors (Lipinski definition) is 7. The number of carbonyl (C=O) groups is 1. The number of ether oxygens (including phenoxy) is 2. The van der Waals surface area contributed by atoms with Gasteiger partial charge in [-0.1, -0.05) is 49.4 Å². The van der Waals surface area contributed by atoms with Crippen LogP contribution in [0.25, 0.3) is 11.4 Å². The molecule has 0 atom stereocenters. The molecule has 0 unspecified atom stereocenters. The number of nitrogens with one attached hydrogen (secondary N) is 1. The number of tetrazole rings is 1. The summed E-state index contributed by atoms with van der Waals surface area (Å²) in [7, 11) is 1.58. The number of hydrazone groups is 1. The zero-order valence-electron chi connectivity index (χ0n) is 19.9. The van der Waals surface area contributed by atoms with Crippen molar-refractivity contribution in [2.75, 3.05) is 13.7 Å². The maximum absolute atomic E-state index is 12.5. The lowest BCUT2D eigenvalue weighted by Gasteiger charge is -2.12. The molecule has 0 fully saturated rings. The van der Waals surface area contributed by atoms with E-state index >= 15 is 0 Å². The fourth-order valence-electron chi connectivity index (χ4n) is 3.33. The lowest BCUT2D eigenvalue weighted by atomic mass is 10.1. The molecule has 184 valence electrons. The molecular formula is C26H25BrN6O3. The molecule has 3 aromatic carbocycles. The van der Waals surface area contributed by atoms with Crippen LogP contribution in [0.2, 0.25) is 0 Å². The molecule has 0 bridgehead atoms. The highest BCUT2D eigenvalue weighted by atomic mass is 79.9. The van der Waals surface area contributed by atoms with Gasteiger partial charge in [-0.05, 0) is 63.0 Å². The Labute approximate surface area is 217 Å².